The number of benzene rings is 6. The molecule has 6 aromatic carbocycles. The van der Waals surface area contributed by atoms with Gasteiger partial charge >= 0.3 is 0 Å². The van der Waals surface area contributed by atoms with Crippen LogP contribution in [0.3, 0.4) is 0 Å². The highest BCUT2D eigenvalue weighted by Gasteiger charge is 2.08. The number of aromatic hydroxyl groups is 1. The van der Waals surface area contributed by atoms with E-state index in [4.69, 9.17) is 14.2 Å². The van der Waals surface area contributed by atoms with Crippen LogP contribution in [0, 0.1) is 0 Å². The van der Waals surface area contributed by atoms with E-state index < -0.39 is 0 Å². The molecular weight excluding hydrogens is 728 g/mol. The zero-order valence-electron chi connectivity index (χ0n) is 29.7. The van der Waals surface area contributed by atoms with Gasteiger partial charge in [0.25, 0.3) is 0 Å². The van der Waals surface area contributed by atoms with Crippen molar-refractivity contribution >= 4 is 28.5 Å². The standard InChI is InChI=1S/C23H22O3.C14H12O3.C9H11Br/c24-17-21-13-14-22(26-18-20-10-5-2-6-11-20)23(16-21)25-15-7-12-19-8-3-1-4-9-19;15-9-12-6-7-14(13(16)8-12)17-10-11-4-2-1-3-5-11;10-8-4-7-9-5-2-1-3-6-9/h1-6,8-11,13-14,16-17H,7,12,15,18H2;1-9,16H,10H2;1-3,5-6H,4,7-8H2. The molecule has 0 aromatic heterocycles. The van der Waals surface area contributed by atoms with Crippen molar-refractivity contribution in [1.29, 1.82) is 0 Å². The fourth-order valence-corrected chi connectivity index (χ4v) is 5.33. The molecule has 0 unspecified atom stereocenters. The van der Waals surface area contributed by atoms with Crippen LogP contribution in [0.2, 0.25) is 0 Å². The van der Waals surface area contributed by atoms with E-state index in [9.17, 15) is 14.7 Å². The molecule has 0 heterocycles. The Hall–Kier alpha value is -5.66. The number of ether oxygens (including phenoxy) is 3. The second kappa shape index (κ2) is 23.7. The third kappa shape index (κ3) is 15.2. The summed E-state index contributed by atoms with van der Waals surface area (Å²) in [7, 11) is 0. The maximum absolute atomic E-state index is 11.1. The Kier molecular flexibility index (Phi) is 18.0. The molecule has 0 fully saturated rings. The van der Waals surface area contributed by atoms with Gasteiger partial charge in [-0.1, -0.05) is 137 Å². The molecule has 53 heavy (non-hydrogen) atoms. The van der Waals surface area contributed by atoms with E-state index in [2.05, 4.69) is 58.4 Å². The predicted molar refractivity (Wildman–Crippen MR) is 216 cm³/mol. The Bertz CT molecular complexity index is 1900. The average Bonchev–Trinajstić information content (AvgIpc) is 3.22. The van der Waals surface area contributed by atoms with Crippen LogP contribution in [0.25, 0.3) is 0 Å². The van der Waals surface area contributed by atoms with Gasteiger partial charge in [-0.15, -0.1) is 0 Å². The molecule has 0 spiro atoms. The topological polar surface area (TPSA) is 82.1 Å². The molecule has 6 nitrogen and oxygen atoms in total. The first-order chi connectivity index (χ1) is 26.1. The molecule has 0 aliphatic heterocycles. The van der Waals surface area contributed by atoms with E-state index >= 15 is 0 Å². The van der Waals surface area contributed by atoms with E-state index in [0.29, 0.717) is 54.5 Å². The first kappa shape index (κ1) is 40.1. The molecule has 0 bridgehead atoms. The van der Waals surface area contributed by atoms with Gasteiger partial charge in [-0.3, -0.25) is 9.59 Å². The third-order valence-corrected chi connectivity index (χ3v) is 8.41. The normalized spacial score (nSPS) is 10.1. The number of alkyl halides is 1. The van der Waals surface area contributed by atoms with E-state index in [-0.39, 0.29) is 5.75 Å². The fourth-order valence-electron chi connectivity index (χ4n) is 5.05. The lowest BCUT2D eigenvalue weighted by atomic mass is 10.1. The molecule has 0 atom stereocenters. The largest absolute Gasteiger partial charge is 0.504 e. The first-order valence-electron chi connectivity index (χ1n) is 17.6. The predicted octanol–water partition coefficient (Wildman–Crippen LogP) is 10.9. The molecule has 0 aliphatic carbocycles. The summed E-state index contributed by atoms with van der Waals surface area (Å²) in [6.45, 7) is 1.41. The van der Waals surface area contributed by atoms with E-state index in [1.54, 1.807) is 30.3 Å². The molecule has 0 radical (unpaired) electrons. The summed E-state index contributed by atoms with van der Waals surface area (Å²) >= 11 is 3.41. The Labute approximate surface area is 321 Å². The maximum atomic E-state index is 11.1. The maximum Gasteiger partial charge on any atom is 0.161 e. The minimum atomic E-state index is -0.0227. The van der Waals surface area contributed by atoms with Crippen molar-refractivity contribution in [2.45, 2.75) is 38.9 Å². The molecule has 0 saturated carbocycles. The van der Waals surface area contributed by atoms with Crippen molar-refractivity contribution in [1.82, 2.24) is 0 Å². The van der Waals surface area contributed by atoms with Gasteiger partial charge in [-0.05, 0) is 84.3 Å². The van der Waals surface area contributed by atoms with Crippen LogP contribution in [0.5, 0.6) is 23.0 Å². The van der Waals surface area contributed by atoms with Crippen LogP contribution < -0.4 is 14.2 Å². The van der Waals surface area contributed by atoms with E-state index in [1.807, 2.05) is 78.9 Å². The van der Waals surface area contributed by atoms with Crippen LogP contribution in [0.1, 0.15) is 55.8 Å². The van der Waals surface area contributed by atoms with Crippen LogP contribution in [-0.4, -0.2) is 29.6 Å². The number of carbonyl (C=O) groups is 2. The highest BCUT2D eigenvalue weighted by Crippen LogP contribution is 2.29. The van der Waals surface area contributed by atoms with E-state index in [1.165, 1.54) is 30.0 Å². The highest BCUT2D eigenvalue weighted by atomic mass is 79.9. The quantitative estimate of drug-likeness (QED) is 0.0599. The number of carbonyl (C=O) groups excluding carboxylic acids is 2. The zero-order valence-corrected chi connectivity index (χ0v) is 31.3. The molecular formula is C46H45BrO6. The van der Waals surface area contributed by atoms with Crippen molar-refractivity contribution in [3.8, 4) is 23.0 Å². The Balaban J connectivity index is 0.000000198. The number of halogens is 1. The summed E-state index contributed by atoms with van der Waals surface area (Å²) in [5.74, 6) is 1.61. The van der Waals surface area contributed by atoms with Gasteiger partial charge in [0.1, 0.15) is 25.8 Å². The van der Waals surface area contributed by atoms with Gasteiger partial charge in [-0.25, -0.2) is 0 Å². The van der Waals surface area contributed by atoms with Gasteiger partial charge in [0.2, 0.25) is 0 Å². The number of aldehydes is 2. The average molecular weight is 774 g/mol. The molecule has 7 heteroatoms. The number of phenolic OH excluding ortho intramolecular Hbond substituents is 1. The minimum absolute atomic E-state index is 0.0227. The summed E-state index contributed by atoms with van der Waals surface area (Å²) in [5, 5.41) is 10.7. The van der Waals surface area contributed by atoms with Crippen molar-refractivity contribution < 1.29 is 28.9 Å². The Morgan fingerprint density at radius 1 is 0.472 bits per heavy atom. The van der Waals surface area contributed by atoms with Crippen LogP contribution >= 0.6 is 15.9 Å². The molecule has 1 N–H and O–H groups in total. The first-order valence-corrected chi connectivity index (χ1v) is 18.7. The lowest BCUT2D eigenvalue weighted by molar-refractivity contribution is 0.111. The lowest BCUT2D eigenvalue weighted by Crippen LogP contribution is -2.03. The van der Waals surface area contributed by atoms with Crippen molar-refractivity contribution in [3.05, 3.63) is 191 Å². The van der Waals surface area contributed by atoms with Gasteiger partial charge in [0.15, 0.2) is 23.0 Å². The summed E-state index contributed by atoms with van der Waals surface area (Å²) in [4.78, 5) is 21.6. The molecule has 6 rings (SSSR count). The lowest BCUT2D eigenvalue weighted by Gasteiger charge is -2.13. The monoisotopic (exact) mass is 772 g/mol. The van der Waals surface area contributed by atoms with Crippen LogP contribution in [0.4, 0.5) is 0 Å². The number of rotatable bonds is 16. The van der Waals surface area contributed by atoms with E-state index in [0.717, 1.165) is 35.6 Å². The number of hydrogen-bond donors (Lipinski definition) is 1. The Morgan fingerprint density at radius 2 is 0.906 bits per heavy atom. The second-order valence-electron chi connectivity index (χ2n) is 11.9. The summed E-state index contributed by atoms with van der Waals surface area (Å²) < 4.78 is 17.3. The third-order valence-electron chi connectivity index (χ3n) is 7.85. The number of phenols is 1. The molecule has 0 aliphatic rings. The van der Waals surface area contributed by atoms with Crippen molar-refractivity contribution in [3.63, 3.8) is 0 Å². The number of hydrogen-bond acceptors (Lipinski definition) is 6. The summed E-state index contributed by atoms with van der Waals surface area (Å²) in [6.07, 6.45) is 5.76. The highest BCUT2D eigenvalue weighted by molar-refractivity contribution is 9.09. The fraction of sp³-hybridized carbons (Fsp3) is 0.174. The van der Waals surface area contributed by atoms with Gasteiger partial charge in [0.05, 0.1) is 6.61 Å². The molecule has 0 saturated heterocycles. The molecule has 0 amide bonds. The van der Waals surface area contributed by atoms with Gasteiger partial charge < -0.3 is 19.3 Å². The van der Waals surface area contributed by atoms with Crippen molar-refractivity contribution in [2.24, 2.45) is 0 Å². The van der Waals surface area contributed by atoms with Crippen molar-refractivity contribution in [2.75, 3.05) is 11.9 Å². The van der Waals surface area contributed by atoms with Crippen LogP contribution in [-0.2, 0) is 26.1 Å². The number of aryl methyl sites for hydroxylation is 2. The summed E-state index contributed by atoms with van der Waals surface area (Å²) in [5.41, 5.74) is 5.83. The molecule has 272 valence electrons. The summed E-state index contributed by atoms with van der Waals surface area (Å²) in [6, 6.07) is 50.4. The zero-order chi connectivity index (χ0) is 37.4. The second-order valence-corrected chi connectivity index (χ2v) is 12.7. The van der Waals surface area contributed by atoms with Gasteiger partial charge in [-0.2, -0.15) is 0 Å². The smallest absolute Gasteiger partial charge is 0.161 e. The molecule has 6 aromatic rings. The Morgan fingerprint density at radius 3 is 1.38 bits per heavy atom. The van der Waals surface area contributed by atoms with Gasteiger partial charge in [0, 0.05) is 16.5 Å². The van der Waals surface area contributed by atoms with Crippen LogP contribution in [0.15, 0.2) is 158 Å². The minimum Gasteiger partial charge on any atom is -0.504 e. The SMILES string of the molecule is BrCCCc1ccccc1.O=Cc1ccc(OCc2ccccc2)c(O)c1.O=Cc1ccc(OCc2ccccc2)c(OCCCc2ccccc2)c1.